The van der Waals surface area contributed by atoms with Gasteiger partial charge in [0.15, 0.2) is 9.84 Å². The van der Waals surface area contributed by atoms with Crippen LogP contribution in [0, 0.1) is 0 Å². The van der Waals surface area contributed by atoms with E-state index in [9.17, 15) is 8.42 Å². The Balaban J connectivity index is 2.97. The first-order chi connectivity index (χ1) is 10.1. The third kappa shape index (κ3) is 3.32. The Kier molecular flexibility index (Phi) is 5.51. The molecule has 0 saturated carbocycles. The van der Waals surface area contributed by atoms with E-state index in [1.807, 2.05) is 0 Å². The van der Waals surface area contributed by atoms with Crippen LogP contribution < -0.4 is 0 Å². The minimum absolute atomic E-state index is 0.00796. The average molecular weight is 439 g/mol. The van der Waals surface area contributed by atoms with Gasteiger partial charge in [-0.3, -0.25) is 0 Å². The third-order valence-electron chi connectivity index (χ3n) is 2.80. The molecule has 2 nitrogen and oxygen atoms in total. The fraction of sp³-hybridized carbons (Fsp3) is 0.0769. The number of sulfone groups is 1. The van der Waals surface area contributed by atoms with Gasteiger partial charge in [-0.1, -0.05) is 69.6 Å². The fourth-order valence-corrected chi connectivity index (χ4v) is 5.01. The maximum absolute atomic E-state index is 11.9. The second-order valence-electron chi connectivity index (χ2n) is 4.35. The molecule has 0 aromatic heterocycles. The van der Waals surface area contributed by atoms with Crippen LogP contribution in [0.4, 0.5) is 0 Å². The number of hydrogen-bond donors (Lipinski definition) is 0. The average Bonchev–Trinajstić information content (AvgIpc) is 2.39. The van der Waals surface area contributed by atoms with Gasteiger partial charge in [-0.2, -0.15) is 0 Å². The molecule has 118 valence electrons. The molecule has 0 atom stereocenters. The van der Waals surface area contributed by atoms with Crippen molar-refractivity contribution in [1.82, 2.24) is 0 Å². The van der Waals surface area contributed by atoms with E-state index < -0.39 is 9.84 Å². The number of benzene rings is 2. The highest BCUT2D eigenvalue weighted by molar-refractivity contribution is 7.91. The minimum Gasteiger partial charge on any atom is -0.224 e. The first-order valence-electron chi connectivity index (χ1n) is 5.57. The zero-order valence-corrected chi connectivity index (χ0v) is 16.1. The van der Waals surface area contributed by atoms with Crippen LogP contribution >= 0.6 is 69.6 Å². The van der Waals surface area contributed by atoms with Crippen molar-refractivity contribution < 1.29 is 8.42 Å². The monoisotopic (exact) mass is 436 g/mol. The second-order valence-corrected chi connectivity index (χ2v) is 8.66. The van der Waals surface area contributed by atoms with Gasteiger partial charge in [-0.15, -0.1) is 0 Å². The zero-order chi connectivity index (χ0) is 16.8. The third-order valence-corrected chi connectivity index (χ3v) is 6.47. The summed E-state index contributed by atoms with van der Waals surface area (Å²) in [5.41, 5.74) is 0.512. The predicted octanol–water partition coefficient (Wildman–Crippen LogP) is 6.68. The van der Waals surface area contributed by atoms with Crippen molar-refractivity contribution in [2.24, 2.45) is 0 Å². The normalized spacial score (nSPS) is 11.8. The Morgan fingerprint density at radius 2 is 1.32 bits per heavy atom. The molecule has 0 N–H and O–H groups in total. The highest BCUT2D eigenvalue weighted by Crippen LogP contribution is 2.47. The summed E-state index contributed by atoms with van der Waals surface area (Å²) in [5, 5.41) is 0.343. The molecule has 0 saturated heterocycles. The standard InChI is InChI=1S/C13H6Cl6O2S/c1-22(20,21)13-10(17)5(4-8(16)12(13)19)9-6(14)2-3-7(15)11(9)18/h2-4H,1H3. The van der Waals surface area contributed by atoms with Crippen molar-refractivity contribution in [1.29, 1.82) is 0 Å². The maximum Gasteiger partial charge on any atom is 0.178 e. The van der Waals surface area contributed by atoms with E-state index in [4.69, 9.17) is 69.6 Å². The van der Waals surface area contributed by atoms with Crippen LogP contribution in [0.3, 0.4) is 0 Å². The molecule has 9 heteroatoms. The zero-order valence-electron chi connectivity index (χ0n) is 10.7. The van der Waals surface area contributed by atoms with E-state index in [1.165, 1.54) is 18.2 Å². The molecule has 2 rings (SSSR count). The van der Waals surface area contributed by atoms with Gasteiger partial charge in [0.05, 0.1) is 30.1 Å². The largest absolute Gasteiger partial charge is 0.224 e. The molecule has 0 fully saturated rings. The van der Waals surface area contributed by atoms with Crippen LogP contribution in [0.15, 0.2) is 23.1 Å². The predicted molar refractivity (Wildman–Crippen MR) is 95.0 cm³/mol. The molecule has 2 aromatic rings. The van der Waals surface area contributed by atoms with Crippen LogP contribution in [-0.2, 0) is 9.84 Å². The van der Waals surface area contributed by atoms with Crippen LogP contribution in [-0.4, -0.2) is 14.7 Å². The summed E-state index contributed by atoms with van der Waals surface area (Å²) in [6.45, 7) is 0. The Hall–Kier alpha value is 0.130. The second kappa shape index (κ2) is 6.56. The van der Waals surface area contributed by atoms with Crippen molar-refractivity contribution in [3.05, 3.63) is 48.3 Å². The van der Waals surface area contributed by atoms with Crippen LogP contribution in [0.2, 0.25) is 30.1 Å². The topological polar surface area (TPSA) is 34.1 Å². The van der Waals surface area contributed by atoms with Gasteiger partial charge in [0, 0.05) is 17.4 Å². The van der Waals surface area contributed by atoms with E-state index in [1.54, 1.807) is 0 Å². The molecule has 0 aliphatic heterocycles. The van der Waals surface area contributed by atoms with Crippen molar-refractivity contribution in [2.75, 3.05) is 6.26 Å². The summed E-state index contributed by atoms with van der Waals surface area (Å²) < 4.78 is 23.9. The molecule has 0 spiro atoms. The summed E-state index contributed by atoms with van der Waals surface area (Å²) in [4.78, 5) is -0.287. The molecular weight excluding hydrogens is 433 g/mol. The van der Waals surface area contributed by atoms with E-state index in [0.717, 1.165) is 6.26 Å². The van der Waals surface area contributed by atoms with Crippen LogP contribution in [0.5, 0.6) is 0 Å². The molecule has 0 bridgehead atoms. The van der Waals surface area contributed by atoms with Gasteiger partial charge in [0.2, 0.25) is 0 Å². The fourth-order valence-electron chi connectivity index (χ4n) is 1.86. The highest BCUT2D eigenvalue weighted by Gasteiger charge is 2.25. The maximum atomic E-state index is 11.9. The first kappa shape index (κ1) is 18.5. The van der Waals surface area contributed by atoms with Gasteiger partial charge < -0.3 is 0 Å². The highest BCUT2D eigenvalue weighted by atomic mass is 35.5. The molecule has 0 aliphatic carbocycles. The molecule has 0 radical (unpaired) electrons. The number of halogens is 6. The Morgan fingerprint density at radius 3 is 1.86 bits per heavy atom. The molecule has 0 heterocycles. The van der Waals surface area contributed by atoms with E-state index in [0.29, 0.717) is 0 Å². The molecular formula is C13H6Cl6O2S. The van der Waals surface area contributed by atoms with Gasteiger partial charge >= 0.3 is 0 Å². The van der Waals surface area contributed by atoms with Crippen molar-refractivity contribution in [3.63, 3.8) is 0 Å². The van der Waals surface area contributed by atoms with Gasteiger partial charge in [0.1, 0.15) is 4.90 Å². The van der Waals surface area contributed by atoms with E-state index >= 15 is 0 Å². The van der Waals surface area contributed by atoms with Gasteiger partial charge in [-0.25, -0.2) is 8.42 Å². The van der Waals surface area contributed by atoms with Crippen LogP contribution in [0.25, 0.3) is 11.1 Å². The lowest BCUT2D eigenvalue weighted by atomic mass is 10.1. The minimum atomic E-state index is -3.72. The quantitative estimate of drug-likeness (QED) is 0.490. The molecule has 22 heavy (non-hydrogen) atoms. The lowest BCUT2D eigenvalue weighted by Gasteiger charge is -2.15. The van der Waals surface area contributed by atoms with Crippen molar-refractivity contribution in [2.45, 2.75) is 4.90 Å². The van der Waals surface area contributed by atoms with E-state index in [-0.39, 0.29) is 46.2 Å². The Bertz CT molecular complexity index is 877. The summed E-state index contributed by atoms with van der Waals surface area (Å²) in [6.07, 6.45) is 0.974. The number of hydrogen-bond acceptors (Lipinski definition) is 2. The summed E-state index contributed by atoms with van der Waals surface area (Å²) >= 11 is 36.5. The van der Waals surface area contributed by atoms with E-state index in [2.05, 4.69) is 0 Å². The summed E-state index contributed by atoms with van der Waals surface area (Å²) in [5.74, 6) is 0. The number of rotatable bonds is 2. The molecule has 0 aliphatic rings. The molecule has 2 aromatic carbocycles. The summed E-state index contributed by atoms with van der Waals surface area (Å²) in [6, 6.07) is 4.42. The van der Waals surface area contributed by atoms with Crippen molar-refractivity contribution >= 4 is 79.4 Å². The summed E-state index contributed by atoms with van der Waals surface area (Å²) in [7, 11) is -3.72. The Morgan fingerprint density at radius 1 is 0.773 bits per heavy atom. The first-order valence-corrected chi connectivity index (χ1v) is 9.73. The molecule has 0 amide bonds. The SMILES string of the molecule is CS(=O)(=O)c1c(Cl)c(Cl)cc(-c2c(Cl)ccc(Cl)c2Cl)c1Cl. The van der Waals surface area contributed by atoms with Gasteiger partial charge in [0.25, 0.3) is 0 Å². The lowest BCUT2D eigenvalue weighted by molar-refractivity contribution is 0.602. The smallest absolute Gasteiger partial charge is 0.178 e. The molecule has 0 unspecified atom stereocenters. The van der Waals surface area contributed by atoms with Crippen molar-refractivity contribution in [3.8, 4) is 11.1 Å². The van der Waals surface area contributed by atoms with Crippen LogP contribution in [0.1, 0.15) is 0 Å². The van der Waals surface area contributed by atoms with Gasteiger partial charge in [-0.05, 0) is 18.2 Å². The lowest BCUT2D eigenvalue weighted by Crippen LogP contribution is -2.01. The Labute approximate surface area is 157 Å².